The van der Waals surface area contributed by atoms with Crippen molar-refractivity contribution in [3.05, 3.63) is 0 Å². The van der Waals surface area contributed by atoms with Gasteiger partial charge in [-0.15, -0.1) is 0 Å². The zero-order chi connectivity index (χ0) is 11.3. The van der Waals surface area contributed by atoms with Crippen molar-refractivity contribution in [1.29, 1.82) is 0 Å². The molecule has 0 heterocycles. The molecule has 0 radical (unpaired) electrons. The Kier molecular flexibility index (Phi) is 4.54. The molecule has 1 saturated carbocycles. The second-order valence-corrected chi connectivity index (χ2v) is 4.49. The van der Waals surface area contributed by atoms with Crippen molar-refractivity contribution in [1.82, 2.24) is 5.32 Å². The lowest BCUT2D eigenvalue weighted by Gasteiger charge is -2.34. The van der Waals surface area contributed by atoms with E-state index in [1.165, 1.54) is 0 Å². The number of amides is 1. The lowest BCUT2D eigenvalue weighted by Crippen LogP contribution is -2.44. The molecule has 1 fully saturated rings. The van der Waals surface area contributed by atoms with E-state index in [2.05, 4.69) is 5.32 Å². The first-order valence-corrected chi connectivity index (χ1v) is 5.81. The molecule has 1 aliphatic rings. The van der Waals surface area contributed by atoms with Gasteiger partial charge in [0.2, 0.25) is 5.91 Å². The van der Waals surface area contributed by atoms with E-state index in [0.29, 0.717) is 19.4 Å². The number of carbonyl (C=O) groups excluding carboxylic acids is 1. The van der Waals surface area contributed by atoms with Crippen LogP contribution < -0.4 is 11.1 Å². The van der Waals surface area contributed by atoms with E-state index in [1.807, 2.05) is 6.92 Å². The summed E-state index contributed by atoms with van der Waals surface area (Å²) >= 11 is 0. The second-order valence-electron chi connectivity index (χ2n) is 4.49. The maximum atomic E-state index is 11.6. The van der Waals surface area contributed by atoms with E-state index in [9.17, 15) is 9.90 Å². The molecule has 4 nitrogen and oxygen atoms in total. The van der Waals surface area contributed by atoms with Crippen LogP contribution in [0.25, 0.3) is 0 Å². The van der Waals surface area contributed by atoms with Gasteiger partial charge in [0, 0.05) is 19.0 Å². The molecular weight excluding hydrogens is 192 g/mol. The molecule has 0 unspecified atom stereocenters. The van der Waals surface area contributed by atoms with Crippen molar-refractivity contribution in [3.63, 3.8) is 0 Å². The summed E-state index contributed by atoms with van der Waals surface area (Å²) in [7, 11) is 0. The van der Waals surface area contributed by atoms with Crippen molar-refractivity contribution in [2.45, 2.75) is 44.6 Å². The first-order chi connectivity index (χ1) is 7.11. The lowest BCUT2D eigenvalue weighted by molar-refractivity contribution is -0.127. The topological polar surface area (TPSA) is 75.3 Å². The Morgan fingerprint density at radius 1 is 1.53 bits per heavy atom. The Hall–Kier alpha value is -0.610. The third-order valence-corrected chi connectivity index (χ3v) is 3.22. The van der Waals surface area contributed by atoms with Crippen molar-refractivity contribution in [2.75, 3.05) is 13.1 Å². The van der Waals surface area contributed by atoms with Crippen LogP contribution in [0, 0.1) is 5.92 Å². The Bertz CT molecular complexity index is 211. The van der Waals surface area contributed by atoms with Gasteiger partial charge in [-0.1, -0.05) is 6.92 Å². The molecule has 0 bridgehead atoms. The number of hydrogen-bond donors (Lipinski definition) is 3. The number of carbonyl (C=O) groups is 1. The molecular formula is C11H22N2O2. The third kappa shape index (κ3) is 3.47. The minimum absolute atomic E-state index is 0.0726. The summed E-state index contributed by atoms with van der Waals surface area (Å²) in [6.45, 7) is 3.08. The zero-order valence-corrected chi connectivity index (χ0v) is 9.46. The minimum Gasteiger partial charge on any atom is -0.389 e. The van der Waals surface area contributed by atoms with Gasteiger partial charge in [0.1, 0.15) is 0 Å². The molecule has 1 rings (SSSR count). The van der Waals surface area contributed by atoms with Gasteiger partial charge in [-0.25, -0.2) is 0 Å². The average Bonchev–Trinajstić information content (AvgIpc) is 2.27. The van der Waals surface area contributed by atoms with Crippen LogP contribution in [0.15, 0.2) is 0 Å². The van der Waals surface area contributed by atoms with Gasteiger partial charge in [0.15, 0.2) is 0 Å². The SMILES string of the molecule is CCCNC(=O)C1CCC(O)(CN)CC1. The predicted octanol–water partition coefficient (Wildman–Crippen LogP) is 0.393. The summed E-state index contributed by atoms with van der Waals surface area (Å²) in [4.78, 5) is 11.6. The molecule has 0 spiro atoms. The Morgan fingerprint density at radius 3 is 2.60 bits per heavy atom. The fourth-order valence-electron chi connectivity index (χ4n) is 2.01. The molecule has 0 aliphatic heterocycles. The molecule has 4 heteroatoms. The van der Waals surface area contributed by atoms with Crippen LogP contribution in [-0.2, 0) is 4.79 Å². The second kappa shape index (κ2) is 5.47. The van der Waals surface area contributed by atoms with E-state index in [1.54, 1.807) is 0 Å². The number of hydrogen-bond acceptors (Lipinski definition) is 3. The fraction of sp³-hybridized carbons (Fsp3) is 0.909. The van der Waals surface area contributed by atoms with E-state index >= 15 is 0 Å². The average molecular weight is 214 g/mol. The molecule has 15 heavy (non-hydrogen) atoms. The molecule has 0 aromatic rings. The Balaban J connectivity index is 2.33. The molecule has 0 atom stereocenters. The number of nitrogens with two attached hydrogens (primary N) is 1. The lowest BCUT2D eigenvalue weighted by atomic mass is 9.78. The van der Waals surface area contributed by atoms with Crippen LogP contribution in [-0.4, -0.2) is 29.7 Å². The van der Waals surface area contributed by atoms with Gasteiger partial charge < -0.3 is 16.2 Å². The highest BCUT2D eigenvalue weighted by molar-refractivity contribution is 5.78. The summed E-state index contributed by atoms with van der Waals surface area (Å²) < 4.78 is 0. The summed E-state index contributed by atoms with van der Waals surface area (Å²) in [6, 6.07) is 0. The number of nitrogens with one attached hydrogen (secondary N) is 1. The largest absolute Gasteiger partial charge is 0.389 e. The van der Waals surface area contributed by atoms with Gasteiger partial charge in [0.25, 0.3) is 0 Å². The molecule has 4 N–H and O–H groups in total. The number of rotatable bonds is 4. The molecule has 1 aliphatic carbocycles. The van der Waals surface area contributed by atoms with Crippen LogP contribution in [0.4, 0.5) is 0 Å². The van der Waals surface area contributed by atoms with Crippen LogP contribution in [0.2, 0.25) is 0 Å². The van der Waals surface area contributed by atoms with Gasteiger partial charge in [0.05, 0.1) is 5.60 Å². The first-order valence-electron chi connectivity index (χ1n) is 5.81. The van der Waals surface area contributed by atoms with Gasteiger partial charge in [-0.2, -0.15) is 0 Å². The van der Waals surface area contributed by atoms with E-state index in [-0.39, 0.29) is 11.8 Å². The molecule has 0 saturated heterocycles. The van der Waals surface area contributed by atoms with Gasteiger partial charge in [-0.3, -0.25) is 4.79 Å². The van der Waals surface area contributed by atoms with E-state index < -0.39 is 5.60 Å². The normalized spacial score (nSPS) is 31.3. The maximum absolute atomic E-state index is 11.6. The molecule has 0 aromatic heterocycles. The Morgan fingerprint density at radius 2 is 2.13 bits per heavy atom. The van der Waals surface area contributed by atoms with Gasteiger partial charge >= 0.3 is 0 Å². The highest BCUT2D eigenvalue weighted by Gasteiger charge is 2.34. The predicted molar refractivity (Wildman–Crippen MR) is 59.3 cm³/mol. The van der Waals surface area contributed by atoms with E-state index in [4.69, 9.17) is 5.73 Å². The smallest absolute Gasteiger partial charge is 0.223 e. The highest BCUT2D eigenvalue weighted by Crippen LogP contribution is 2.31. The molecule has 1 amide bonds. The highest BCUT2D eigenvalue weighted by atomic mass is 16.3. The third-order valence-electron chi connectivity index (χ3n) is 3.22. The maximum Gasteiger partial charge on any atom is 0.223 e. The Labute approximate surface area is 91.2 Å². The van der Waals surface area contributed by atoms with Crippen LogP contribution in [0.5, 0.6) is 0 Å². The fourth-order valence-corrected chi connectivity index (χ4v) is 2.01. The first kappa shape index (κ1) is 12.5. The summed E-state index contributed by atoms with van der Waals surface area (Å²) in [5.41, 5.74) is 4.77. The van der Waals surface area contributed by atoms with Crippen LogP contribution >= 0.6 is 0 Å². The van der Waals surface area contributed by atoms with Crippen LogP contribution in [0.1, 0.15) is 39.0 Å². The minimum atomic E-state index is -0.721. The van der Waals surface area contributed by atoms with Crippen LogP contribution in [0.3, 0.4) is 0 Å². The monoisotopic (exact) mass is 214 g/mol. The van der Waals surface area contributed by atoms with Gasteiger partial charge in [-0.05, 0) is 32.1 Å². The van der Waals surface area contributed by atoms with Crippen molar-refractivity contribution in [3.8, 4) is 0 Å². The van der Waals surface area contributed by atoms with Crippen molar-refractivity contribution in [2.24, 2.45) is 11.7 Å². The van der Waals surface area contributed by atoms with Crippen molar-refractivity contribution >= 4 is 5.91 Å². The van der Waals surface area contributed by atoms with E-state index in [0.717, 1.165) is 25.8 Å². The zero-order valence-electron chi connectivity index (χ0n) is 9.46. The summed E-state index contributed by atoms with van der Waals surface area (Å²) in [5, 5.41) is 12.8. The van der Waals surface area contributed by atoms with Crippen molar-refractivity contribution < 1.29 is 9.90 Å². The number of aliphatic hydroxyl groups is 1. The molecule has 0 aromatic carbocycles. The standard InChI is InChI=1S/C11H22N2O2/c1-2-7-13-10(14)9-3-5-11(15,8-12)6-4-9/h9,15H,2-8,12H2,1H3,(H,13,14). The molecule has 88 valence electrons. The quantitative estimate of drug-likeness (QED) is 0.634. The summed E-state index contributed by atoms with van der Waals surface area (Å²) in [6.07, 6.45) is 3.76. The summed E-state index contributed by atoms with van der Waals surface area (Å²) in [5.74, 6) is 0.208.